The SMILES string of the molecule is CCCCCCC=CSCC(O)CO. The summed E-state index contributed by atoms with van der Waals surface area (Å²) in [6.07, 6.45) is 7.86. The van der Waals surface area contributed by atoms with E-state index in [9.17, 15) is 0 Å². The van der Waals surface area contributed by atoms with E-state index in [1.165, 1.54) is 25.7 Å². The molecule has 0 aromatic rings. The molecule has 0 aliphatic heterocycles. The van der Waals surface area contributed by atoms with E-state index in [0.717, 1.165) is 6.42 Å². The maximum absolute atomic E-state index is 9.03. The molecule has 2 N–H and O–H groups in total. The maximum atomic E-state index is 9.03. The summed E-state index contributed by atoms with van der Waals surface area (Å²) < 4.78 is 0. The van der Waals surface area contributed by atoms with Crippen LogP contribution in [0.15, 0.2) is 11.5 Å². The van der Waals surface area contributed by atoms with Gasteiger partial charge in [-0.1, -0.05) is 32.3 Å². The van der Waals surface area contributed by atoms with Gasteiger partial charge in [-0.3, -0.25) is 0 Å². The molecule has 0 aliphatic rings. The molecule has 0 aromatic carbocycles. The van der Waals surface area contributed by atoms with Crippen LogP contribution in [-0.2, 0) is 0 Å². The third-order valence-electron chi connectivity index (χ3n) is 1.92. The summed E-state index contributed by atoms with van der Waals surface area (Å²) >= 11 is 1.56. The van der Waals surface area contributed by atoms with Crippen molar-refractivity contribution < 1.29 is 10.2 Å². The van der Waals surface area contributed by atoms with E-state index in [1.807, 2.05) is 5.41 Å². The highest BCUT2D eigenvalue weighted by Crippen LogP contribution is 2.08. The van der Waals surface area contributed by atoms with Gasteiger partial charge in [0, 0.05) is 5.75 Å². The van der Waals surface area contributed by atoms with Crippen molar-refractivity contribution in [2.24, 2.45) is 0 Å². The summed E-state index contributed by atoms with van der Waals surface area (Å²) in [5, 5.41) is 19.6. The average Bonchev–Trinajstić information content (AvgIpc) is 2.21. The molecule has 14 heavy (non-hydrogen) atoms. The Kier molecular flexibility index (Phi) is 11.1. The number of hydrogen-bond donors (Lipinski definition) is 2. The van der Waals surface area contributed by atoms with Crippen LogP contribution in [-0.4, -0.2) is 28.7 Å². The number of hydrogen-bond acceptors (Lipinski definition) is 3. The molecule has 0 heterocycles. The van der Waals surface area contributed by atoms with E-state index in [0.29, 0.717) is 5.75 Å². The predicted molar refractivity (Wildman–Crippen MR) is 63.4 cm³/mol. The first kappa shape index (κ1) is 14.0. The van der Waals surface area contributed by atoms with Crippen LogP contribution in [0.4, 0.5) is 0 Å². The van der Waals surface area contributed by atoms with Crippen LogP contribution < -0.4 is 0 Å². The molecule has 0 amide bonds. The Balaban J connectivity index is 3.11. The second-order valence-electron chi connectivity index (χ2n) is 3.39. The smallest absolute Gasteiger partial charge is 0.0864 e. The number of thioether (sulfide) groups is 1. The zero-order valence-electron chi connectivity index (χ0n) is 8.98. The summed E-state index contributed by atoms with van der Waals surface area (Å²) in [4.78, 5) is 0. The normalized spacial score (nSPS) is 13.6. The fourth-order valence-electron chi connectivity index (χ4n) is 1.04. The largest absolute Gasteiger partial charge is 0.394 e. The van der Waals surface area contributed by atoms with Crippen molar-refractivity contribution in [3.63, 3.8) is 0 Å². The van der Waals surface area contributed by atoms with Gasteiger partial charge in [-0.25, -0.2) is 0 Å². The summed E-state index contributed by atoms with van der Waals surface area (Å²) in [6, 6.07) is 0. The molecule has 0 aliphatic carbocycles. The second kappa shape index (κ2) is 11.1. The van der Waals surface area contributed by atoms with Crippen LogP contribution in [0.25, 0.3) is 0 Å². The van der Waals surface area contributed by atoms with Crippen molar-refractivity contribution in [2.75, 3.05) is 12.4 Å². The molecule has 2 nitrogen and oxygen atoms in total. The number of unbranched alkanes of at least 4 members (excludes halogenated alkanes) is 4. The zero-order chi connectivity index (χ0) is 10.6. The van der Waals surface area contributed by atoms with Crippen LogP contribution in [0.5, 0.6) is 0 Å². The van der Waals surface area contributed by atoms with Gasteiger partial charge in [0.2, 0.25) is 0 Å². The molecule has 0 saturated heterocycles. The Morgan fingerprint density at radius 1 is 1.29 bits per heavy atom. The highest BCUT2D eigenvalue weighted by Gasteiger charge is 1.98. The van der Waals surface area contributed by atoms with Crippen molar-refractivity contribution in [1.29, 1.82) is 0 Å². The van der Waals surface area contributed by atoms with E-state index < -0.39 is 6.10 Å². The number of rotatable bonds is 9. The molecular formula is C11H22O2S. The van der Waals surface area contributed by atoms with Gasteiger partial charge in [-0.2, -0.15) is 0 Å². The topological polar surface area (TPSA) is 40.5 Å². The van der Waals surface area contributed by atoms with Crippen molar-refractivity contribution in [3.05, 3.63) is 11.5 Å². The standard InChI is InChI=1S/C11H22O2S/c1-2-3-4-5-6-7-8-14-10-11(13)9-12/h7-8,11-13H,2-6,9-10H2,1H3. The molecule has 3 heteroatoms. The monoisotopic (exact) mass is 218 g/mol. The van der Waals surface area contributed by atoms with Gasteiger partial charge in [0.05, 0.1) is 12.7 Å². The van der Waals surface area contributed by atoms with Gasteiger partial charge in [-0.05, 0) is 18.2 Å². The Bertz CT molecular complexity index is 137. The van der Waals surface area contributed by atoms with Crippen molar-refractivity contribution in [1.82, 2.24) is 0 Å². The summed E-state index contributed by atoms with van der Waals surface area (Å²) in [5.41, 5.74) is 0. The third kappa shape index (κ3) is 10.1. The minimum Gasteiger partial charge on any atom is -0.394 e. The van der Waals surface area contributed by atoms with E-state index in [-0.39, 0.29) is 6.61 Å². The molecule has 0 radical (unpaired) electrons. The van der Waals surface area contributed by atoms with Gasteiger partial charge in [0.25, 0.3) is 0 Å². The minimum absolute atomic E-state index is 0.142. The van der Waals surface area contributed by atoms with Crippen LogP contribution in [0.3, 0.4) is 0 Å². The zero-order valence-corrected chi connectivity index (χ0v) is 9.80. The molecule has 0 spiro atoms. The Hall–Kier alpha value is 0.01000. The first-order valence-corrected chi connectivity index (χ1v) is 6.41. The van der Waals surface area contributed by atoms with Gasteiger partial charge in [-0.15, -0.1) is 11.8 Å². The predicted octanol–water partition coefficient (Wildman–Crippen LogP) is 2.56. The summed E-state index contributed by atoms with van der Waals surface area (Å²) in [6.45, 7) is 2.07. The fourth-order valence-corrected chi connectivity index (χ4v) is 1.76. The highest BCUT2D eigenvalue weighted by molar-refractivity contribution is 8.02. The van der Waals surface area contributed by atoms with Gasteiger partial charge < -0.3 is 10.2 Å². The lowest BCUT2D eigenvalue weighted by Gasteiger charge is -2.02. The summed E-state index contributed by atoms with van der Waals surface area (Å²) in [5.74, 6) is 0.585. The van der Waals surface area contributed by atoms with Crippen molar-refractivity contribution in [3.8, 4) is 0 Å². The second-order valence-corrected chi connectivity index (χ2v) is 4.33. The summed E-state index contributed by atoms with van der Waals surface area (Å²) in [7, 11) is 0. The molecule has 0 saturated carbocycles. The molecule has 1 atom stereocenters. The van der Waals surface area contributed by atoms with E-state index >= 15 is 0 Å². The minimum atomic E-state index is -0.579. The lowest BCUT2D eigenvalue weighted by molar-refractivity contribution is 0.113. The number of aliphatic hydroxyl groups is 2. The number of aliphatic hydroxyl groups excluding tert-OH is 2. The van der Waals surface area contributed by atoms with Crippen molar-refractivity contribution >= 4 is 11.8 Å². The Labute approximate surface area is 91.4 Å². The third-order valence-corrected chi connectivity index (χ3v) is 2.88. The number of allylic oxidation sites excluding steroid dienone is 1. The van der Waals surface area contributed by atoms with Crippen LogP contribution in [0, 0.1) is 0 Å². The lowest BCUT2D eigenvalue weighted by Crippen LogP contribution is -2.13. The average molecular weight is 218 g/mol. The molecule has 1 unspecified atom stereocenters. The first-order chi connectivity index (χ1) is 6.81. The van der Waals surface area contributed by atoms with Crippen LogP contribution in [0.2, 0.25) is 0 Å². The molecular weight excluding hydrogens is 196 g/mol. The lowest BCUT2D eigenvalue weighted by atomic mass is 10.2. The highest BCUT2D eigenvalue weighted by atomic mass is 32.2. The van der Waals surface area contributed by atoms with E-state index in [4.69, 9.17) is 10.2 Å². The van der Waals surface area contributed by atoms with E-state index in [1.54, 1.807) is 11.8 Å². The molecule has 0 aromatic heterocycles. The molecule has 84 valence electrons. The Morgan fingerprint density at radius 3 is 2.71 bits per heavy atom. The maximum Gasteiger partial charge on any atom is 0.0864 e. The fraction of sp³-hybridized carbons (Fsp3) is 0.818. The van der Waals surface area contributed by atoms with Gasteiger partial charge >= 0.3 is 0 Å². The van der Waals surface area contributed by atoms with Gasteiger partial charge in [0.1, 0.15) is 0 Å². The Morgan fingerprint density at radius 2 is 2.07 bits per heavy atom. The van der Waals surface area contributed by atoms with Crippen molar-refractivity contribution in [2.45, 2.75) is 45.1 Å². The molecule has 0 bridgehead atoms. The van der Waals surface area contributed by atoms with Crippen LogP contribution >= 0.6 is 11.8 Å². The quantitative estimate of drug-likeness (QED) is 0.584. The first-order valence-electron chi connectivity index (χ1n) is 5.36. The van der Waals surface area contributed by atoms with Crippen LogP contribution in [0.1, 0.15) is 39.0 Å². The molecule has 0 rings (SSSR count). The van der Waals surface area contributed by atoms with Gasteiger partial charge in [0.15, 0.2) is 0 Å². The van der Waals surface area contributed by atoms with E-state index in [2.05, 4.69) is 13.0 Å². The molecule has 0 fully saturated rings.